The van der Waals surface area contributed by atoms with Gasteiger partial charge in [-0.05, 0) is 42.3 Å². The lowest BCUT2D eigenvalue weighted by atomic mass is 10.1. The lowest BCUT2D eigenvalue weighted by molar-refractivity contribution is -0.130. The summed E-state index contributed by atoms with van der Waals surface area (Å²) in [4.78, 5) is 14.7. The second kappa shape index (κ2) is 7.68. The van der Waals surface area contributed by atoms with Crippen molar-refractivity contribution in [1.82, 2.24) is 4.90 Å². The third-order valence-electron chi connectivity index (χ3n) is 4.60. The Balaban J connectivity index is 1.47. The molecule has 27 heavy (non-hydrogen) atoms. The summed E-state index contributed by atoms with van der Waals surface area (Å²) >= 11 is 3.54. The first kappa shape index (κ1) is 18.0. The van der Waals surface area contributed by atoms with E-state index < -0.39 is 0 Å². The zero-order valence-electron chi connectivity index (χ0n) is 15.0. The van der Waals surface area contributed by atoms with E-state index in [1.165, 1.54) is 0 Å². The summed E-state index contributed by atoms with van der Waals surface area (Å²) in [5, 5.41) is 0. The number of amides is 1. The monoisotopic (exact) mass is 433 g/mol. The van der Waals surface area contributed by atoms with Crippen LogP contribution < -0.4 is 18.9 Å². The SMILES string of the molecule is CCN(Cc1ccc2c(c1)OCO2)C(=O)Cc1cc2c(cc1Br)OCCO2. The van der Waals surface area contributed by atoms with Gasteiger partial charge in [-0.1, -0.05) is 22.0 Å². The molecule has 0 aliphatic carbocycles. The highest BCUT2D eigenvalue weighted by atomic mass is 79.9. The third-order valence-corrected chi connectivity index (χ3v) is 5.34. The van der Waals surface area contributed by atoms with Crippen molar-refractivity contribution in [2.75, 3.05) is 26.6 Å². The van der Waals surface area contributed by atoms with E-state index >= 15 is 0 Å². The fourth-order valence-electron chi connectivity index (χ4n) is 3.15. The van der Waals surface area contributed by atoms with Gasteiger partial charge in [-0.15, -0.1) is 0 Å². The van der Waals surface area contributed by atoms with Gasteiger partial charge in [-0.25, -0.2) is 0 Å². The van der Waals surface area contributed by atoms with Gasteiger partial charge in [0.05, 0.1) is 6.42 Å². The number of benzene rings is 2. The van der Waals surface area contributed by atoms with Crippen molar-refractivity contribution in [3.05, 3.63) is 45.9 Å². The lowest BCUT2D eigenvalue weighted by Gasteiger charge is -2.23. The Bertz CT molecular complexity index is 870. The molecule has 2 aliphatic rings. The average molecular weight is 434 g/mol. The average Bonchev–Trinajstić information content (AvgIpc) is 3.14. The van der Waals surface area contributed by atoms with Crippen molar-refractivity contribution in [2.24, 2.45) is 0 Å². The van der Waals surface area contributed by atoms with E-state index in [0.29, 0.717) is 37.8 Å². The molecule has 0 saturated heterocycles. The van der Waals surface area contributed by atoms with Crippen LogP contribution in [-0.4, -0.2) is 37.4 Å². The zero-order chi connectivity index (χ0) is 18.8. The standard InChI is InChI=1S/C20H20BrNO5/c1-2-22(11-13-3-4-16-17(7-13)27-12-26-16)20(23)9-14-8-18-19(10-15(14)21)25-6-5-24-18/h3-4,7-8,10H,2,5-6,9,11-12H2,1H3. The Morgan fingerprint density at radius 3 is 2.48 bits per heavy atom. The molecule has 6 nitrogen and oxygen atoms in total. The Morgan fingerprint density at radius 1 is 1.00 bits per heavy atom. The van der Waals surface area contributed by atoms with Crippen LogP contribution >= 0.6 is 15.9 Å². The summed E-state index contributed by atoms with van der Waals surface area (Å²) in [5.74, 6) is 2.91. The van der Waals surface area contributed by atoms with Crippen LogP contribution in [0.5, 0.6) is 23.0 Å². The number of carbonyl (C=O) groups is 1. The van der Waals surface area contributed by atoms with Gasteiger partial charge in [0, 0.05) is 17.6 Å². The summed E-state index contributed by atoms with van der Waals surface area (Å²) < 4.78 is 22.8. The Hall–Kier alpha value is -2.41. The van der Waals surface area contributed by atoms with Crippen LogP contribution in [-0.2, 0) is 17.8 Å². The minimum atomic E-state index is 0.0487. The van der Waals surface area contributed by atoms with E-state index in [1.54, 1.807) is 0 Å². The maximum absolute atomic E-state index is 12.9. The van der Waals surface area contributed by atoms with Crippen molar-refractivity contribution in [3.63, 3.8) is 0 Å². The van der Waals surface area contributed by atoms with E-state index in [0.717, 1.165) is 27.1 Å². The second-order valence-electron chi connectivity index (χ2n) is 6.36. The molecule has 0 atom stereocenters. The molecule has 0 fully saturated rings. The van der Waals surface area contributed by atoms with Gasteiger partial charge in [0.2, 0.25) is 12.7 Å². The molecule has 0 radical (unpaired) electrons. The molecule has 7 heteroatoms. The molecule has 0 N–H and O–H groups in total. The quantitative estimate of drug-likeness (QED) is 0.721. The number of rotatable bonds is 5. The van der Waals surface area contributed by atoms with Crippen LogP contribution in [0.15, 0.2) is 34.8 Å². The molecular weight excluding hydrogens is 414 g/mol. The van der Waals surface area contributed by atoms with Crippen molar-refractivity contribution in [3.8, 4) is 23.0 Å². The summed E-state index contributed by atoms with van der Waals surface area (Å²) in [5.41, 5.74) is 1.89. The minimum Gasteiger partial charge on any atom is -0.486 e. The van der Waals surface area contributed by atoms with Crippen LogP contribution in [0.2, 0.25) is 0 Å². The molecule has 0 unspecified atom stereocenters. The third kappa shape index (κ3) is 3.83. The van der Waals surface area contributed by atoms with E-state index in [2.05, 4.69) is 15.9 Å². The molecule has 0 saturated carbocycles. The number of carbonyl (C=O) groups excluding carboxylic acids is 1. The Morgan fingerprint density at radius 2 is 1.70 bits per heavy atom. The minimum absolute atomic E-state index is 0.0487. The summed E-state index contributed by atoms with van der Waals surface area (Å²) in [7, 11) is 0. The number of likely N-dealkylation sites (N-methyl/N-ethyl adjacent to an activating group) is 1. The smallest absolute Gasteiger partial charge is 0.231 e. The largest absolute Gasteiger partial charge is 0.486 e. The van der Waals surface area contributed by atoms with Gasteiger partial charge in [-0.2, -0.15) is 0 Å². The molecule has 2 aromatic rings. The highest BCUT2D eigenvalue weighted by molar-refractivity contribution is 9.10. The predicted octanol–water partition coefficient (Wildman–Crippen LogP) is 3.54. The fourth-order valence-corrected chi connectivity index (χ4v) is 3.61. The van der Waals surface area contributed by atoms with Crippen LogP contribution in [0.3, 0.4) is 0 Å². The number of halogens is 1. The number of hydrogen-bond donors (Lipinski definition) is 0. The number of fused-ring (bicyclic) bond motifs is 2. The van der Waals surface area contributed by atoms with E-state index in [9.17, 15) is 4.79 Å². The van der Waals surface area contributed by atoms with Crippen molar-refractivity contribution in [2.45, 2.75) is 19.9 Å². The molecule has 0 bridgehead atoms. The van der Waals surface area contributed by atoms with Crippen molar-refractivity contribution in [1.29, 1.82) is 0 Å². The Kier molecular flexibility index (Phi) is 5.11. The molecule has 1 amide bonds. The van der Waals surface area contributed by atoms with Crippen LogP contribution in [0.25, 0.3) is 0 Å². The maximum atomic E-state index is 12.9. The number of hydrogen-bond acceptors (Lipinski definition) is 5. The first-order chi connectivity index (χ1) is 13.1. The maximum Gasteiger partial charge on any atom is 0.231 e. The highest BCUT2D eigenvalue weighted by Crippen LogP contribution is 2.36. The molecule has 0 spiro atoms. The van der Waals surface area contributed by atoms with Gasteiger partial charge in [-0.3, -0.25) is 4.79 Å². The van der Waals surface area contributed by atoms with Gasteiger partial charge in [0.25, 0.3) is 0 Å². The predicted molar refractivity (Wildman–Crippen MR) is 102 cm³/mol. The molecule has 2 heterocycles. The summed E-state index contributed by atoms with van der Waals surface area (Å²) in [6.07, 6.45) is 0.287. The number of nitrogens with zero attached hydrogens (tertiary/aromatic N) is 1. The summed E-state index contributed by atoms with van der Waals surface area (Å²) in [6, 6.07) is 9.52. The van der Waals surface area contributed by atoms with Gasteiger partial charge in [0.15, 0.2) is 23.0 Å². The first-order valence-corrected chi connectivity index (χ1v) is 9.67. The first-order valence-electron chi connectivity index (χ1n) is 8.88. The van der Waals surface area contributed by atoms with E-state index in [1.807, 2.05) is 42.2 Å². The topological polar surface area (TPSA) is 57.2 Å². The molecule has 142 valence electrons. The van der Waals surface area contributed by atoms with Crippen LogP contribution in [0.1, 0.15) is 18.1 Å². The lowest BCUT2D eigenvalue weighted by Crippen LogP contribution is -2.31. The molecule has 0 aromatic heterocycles. The molecular formula is C20H20BrNO5. The highest BCUT2D eigenvalue weighted by Gasteiger charge is 2.20. The zero-order valence-corrected chi connectivity index (χ0v) is 16.6. The van der Waals surface area contributed by atoms with E-state index in [4.69, 9.17) is 18.9 Å². The fraction of sp³-hybridized carbons (Fsp3) is 0.350. The van der Waals surface area contributed by atoms with Gasteiger partial charge >= 0.3 is 0 Å². The van der Waals surface area contributed by atoms with Crippen LogP contribution in [0, 0.1) is 0 Å². The molecule has 2 aromatic carbocycles. The Labute approximate surface area is 166 Å². The second-order valence-corrected chi connectivity index (χ2v) is 7.21. The van der Waals surface area contributed by atoms with E-state index in [-0.39, 0.29) is 19.1 Å². The number of ether oxygens (including phenoxy) is 4. The van der Waals surface area contributed by atoms with Crippen LogP contribution in [0.4, 0.5) is 0 Å². The molecule has 2 aliphatic heterocycles. The normalized spacial score (nSPS) is 14.1. The van der Waals surface area contributed by atoms with Gasteiger partial charge < -0.3 is 23.8 Å². The van der Waals surface area contributed by atoms with Gasteiger partial charge in [0.1, 0.15) is 13.2 Å². The molecule has 4 rings (SSSR count). The van der Waals surface area contributed by atoms with Crippen molar-refractivity contribution < 1.29 is 23.7 Å². The summed E-state index contributed by atoms with van der Waals surface area (Å²) in [6.45, 7) is 4.42. The van der Waals surface area contributed by atoms with Crippen molar-refractivity contribution >= 4 is 21.8 Å².